The van der Waals surface area contributed by atoms with Gasteiger partial charge in [0.05, 0.1) is 5.02 Å². The quantitative estimate of drug-likeness (QED) is 0.187. The molecule has 3 aromatic heterocycles. The Morgan fingerprint density at radius 2 is 0.786 bits per heavy atom. The lowest BCUT2D eigenvalue weighted by Gasteiger charge is -1.96. The number of hydrogen-bond acceptors (Lipinski definition) is 6. The Balaban J connectivity index is 0.00000267. The van der Waals surface area contributed by atoms with Crippen LogP contribution in [-0.2, 0) is 0 Å². The van der Waals surface area contributed by atoms with Crippen LogP contribution in [-0.4, -0.2) is 39.9 Å². The maximum atomic E-state index is 6.73. The number of H-pyrrole nitrogens is 2. The summed E-state index contributed by atoms with van der Waals surface area (Å²) in [4.78, 5) is 36.6. The molecule has 42 heavy (non-hydrogen) atoms. The maximum Gasteiger partial charge on any atom is 0.164 e. The topological polar surface area (TPSA) is 109 Å². The van der Waals surface area contributed by atoms with Crippen molar-refractivity contribution in [1.82, 2.24) is 39.9 Å². The molecule has 8 bridgehead atoms. The van der Waals surface area contributed by atoms with E-state index in [2.05, 4.69) is 9.97 Å². The zero-order valence-electron chi connectivity index (χ0n) is 21.6. The van der Waals surface area contributed by atoms with E-state index in [9.17, 15) is 0 Å². The lowest BCUT2D eigenvalue weighted by atomic mass is 10.1. The summed E-state index contributed by atoms with van der Waals surface area (Å²) in [5.74, 6) is 2.24. The van der Waals surface area contributed by atoms with Crippen molar-refractivity contribution in [3.05, 3.63) is 96.0 Å². The van der Waals surface area contributed by atoms with Gasteiger partial charge in [0.1, 0.15) is 22.6 Å². The maximum absolute atomic E-state index is 6.73. The number of nitrogens with zero attached hydrogens (tertiary/aromatic N) is 6. The summed E-state index contributed by atoms with van der Waals surface area (Å²) in [6.07, 6.45) is 0. The van der Waals surface area contributed by atoms with Gasteiger partial charge in [0.15, 0.2) is 23.3 Å². The summed E-state index contributed by atoms with van der Waals surface area (Å²) in [5.41, 5.74) is 6.09. The third-order valence-corrected chi connectivity index (χ3v) is 7.84. The number of halogens is 2. The van der Waals surface area contributed by atoms with Crippen molar-refractivity contribution in [2.75, 3.05) is 0 Å². The van der Waals surface area contributed by atoms with E-state index in [0.29, 0.717) is 50.9 Å². The number of benzene rings is 4. The molecule has 0 saturated carbocycles. The Bertz CT molecular complexity index is 2400. The molecule has 9 rings (SSSR count). The highest BCUT2D eigenvalue weighted by molar-refractivity contribution is 6.37. The summed E-state index contributed by atoms with van der Waals surface area (Å²) < 4.78 is 0. The third-order valence-electron chi connectivity index (χ3n) is 7.53. The van der Waals surface area contributed by atoms with Crippen molar-refractivity contribution >= 4 is 68.1 Å². The van der Waals surface area contributed by atoms with Crippen molar-refractivity contribution in [2.24, 2.45) is 0 Å². The molecule has 0 saturated heterocycles. The van der Waals surface area contributed by atoms with Crippen LogP contribution in [0.1, 0.15) is 0 Å². The molecule has 0 atom stereocenters. The van der Waals surface area contributed by atoms with Gasteiger partial charge in [-0.3, -0.25) is 0 Å². The number of aromatic nitrogens is 8. The van der Waals surface area contributed by atoms with Gasteiger partial charge in [-0.2, -0.15) is 0 Å². The number of hydrogen-bond donors (Lipinski definition) is 2. The molecule has 0 amide bonds. The summed E-state index contributed by atoms with van der Waals surface area (Å²) in [7, 11) is 0. The second-order valence-corrected chi connectivity index (χ2v) is 10.3. The summed E-state index contributed by atoms with van der Waals surface area (Å²) in [6.45, 7) is 0. The van der Waals surface area contributed by atoms with Crippen LogP contribution in [0.2, 0.25) is 5.02 Å². The van der Waals surface area contributed by atoms with E-state index in [1.165, 1.54) is 0 Å². The molecule has 200 valence electrons. The van der Waals surface area contributed by atoms with Crippen LogP contribution in [0.15, 0.2) is 91.0 Å². The molecule has 0 spiro atoms. The minimum Gasteiger partial charge on any atom is -0.324 e. The SMILES string of the molecule is Cl.Clc1cccc2c3nc4nc(nc5[nH]c(nc6nc(nc([nH]3)c12)-c1ccccc1-6)c1ccccc51)-c1ccccc1-4. The van der Waals surface area contributed by atoms with Crippen molar-refractivity contribution in [1.29, 1.82) is 0 Å². The molecular formula is C32H18Cl2N8. The van der Waals surface area contributed by atoms with Crippen molar-refractivity contribution in [2.45, 2.75) is 0 Å². The Hall–Kier alpha value is -5.18. The summed E-state index contributed by atoms with van der Waals surface area (Å²) in [6, 6.07) is 29.7. The summed E-state index contributed by atoms with van der Waals surface area (Å²) >= 11 is 6.73. The van der Waals surface area contributed by atoms with Crippen LogP contribution in [0.25, 0.3) is 89.7 Å². The van der Waals surface area contributed by atoms with Gasteiger partial charge < -0.3 is 9.97 Å². The van der Waals surface area contributed by atoms with Gasteiger partial charge >= 0.3 is 0 Å². The first-order valence-electron chi connectivity index (χ1n) is 13.1. The summed E-state index contributed by atoms with van der Waals surface area (Å²) in [5, 5.41) is 4.05. The van der Waals surface area contributed by atoms with Gasteiger partial charge in [0, 0.05) is 43.8 Å². The van der Waals surface area contributed by atoms with E-state index in [-0.39, 0.29) is 12.4 Å². The molecule has 7 aromatic rings. The normalized spacial score (nSPS) is 11.7. The monoisotopic (exact) mass is 584 g/mol. The van der Waals surface area contributed by atoms with Crippen LogP contribution in [0.5, 0.6) is 0 Å². The predicted octanol–water partition coefficient (Wildman–Crippen LogP) is 7.94. The molecule has 2 aliphatic rings. The molecule has 5 heterocycles. The van der Waals surface area contributed by atoms with Crippen LogP contribution in [0.4, 0.5) is 0 Å². The number of fused-ring (bicyclic) bond motifs is 20. The second kappa shape index (κ2) is 9.17. The highest BCUT2D eigenvalue weighted by Crippen LogP contribution is 2.37. The van der Waals surface area contributed by atoms with Gasteiger partial charge in [-0.15, -0.1) is 12.4 Å². The van der Waals surface area contributed by atoms with Gasteiger partial charge in [-0.1, -0.05) is 96.5 Å². The van der Waals surface area contributed by atoms with E-state index in [1.807, 2.05) is 91.0 Å². The molecule has 10 heteroatoms. The van der Waals surface area contributed by atoms with Crippen LogP contribution in [0.3, 0.4) is 0 Å². The molecule has 0 radical (unpaired) electrons. The van der Waals surface area contributed by atoms with E-state index in [4.69, 9.17) is 41.5 Å². The first kappa shape index (κ1) is 24.6. The largest absolute Gasteiger partial charge is 0.324 e. The molecule has 4 aromatic carbocycles. The van der Waals surface area contributed by atoms with Gasteiger partial charge in [0.25, 0.3) is 0 Å². The first-order chi connectivity index (χ1) is 20.2. The standard InChI is InChI=1S/C32H17ClN8.ClH/c33-23-15-7-14-22-24(23)32-40-30-21-13-6-5-12-20(21)28(38-30)36-26-17-9-2-1-8-16(17)25(34-26)35-27-18-10-3-4-11-19(18)29(37-27)39-31(22)41-32;/h1-15H,(H2,34,35,36,37,38,39,40,41);1H. The lowest BCUT2D eigenvalue weighted by molar-refractivity contribution is 1.19. The predicted molar refractivity (Wildman–Crippen MR) is 168 cm³/mol. The van der Waals surface area contributed by atoms with Crippen LogP contribution in [0, 0.1) is 0 Å². The van der Waals surface area contributed by atoms with Gasteiger partial charge in [0.2, 0.25) is 0 Å². The number of nitrogens with one attached hydrogen (secondary N) is 2. The molecular weight excluding hydrogens is 567 g/mol. The minimum atomic E-state index is 0. The highest BCUT2D eigenvalue weighted by atomic mass is 35.5. The fourth-order valence-corrected chi connectivity index (χ4v) is 5.91. The molecule has 0 unspecified atom stereocenters. The molecule has 0 aliphatic carbocycles. The van der Waals surface area contributed by atoms with E-state index in [0.717, 1.165) is 43.8 Å². The smallest absolute Gasteiger partial charge is 0.164 e. The first-order valence-corrected chi connectivity index (χ1v) is 13.5. The van der Waals surface area contributed by atoms with Gasteiger partial charge in [-0.05, 0) is 6.07 Å². The Morgan fingerprint density at radius 1 is 0.405 bits per heavy atom. The second-order valence-electron chi connectivity index (χ2n) is 9.91. The lowest BCUT2D eigenvalue weighted by Crippen LogP contribution is -1.83. The van der Waals surface area contributed by atoms with Crippen molar-refractivity contribution in [3.63, 3.8) is 0 Å². The molecule has 8 nitrogen and oxygen atoms in total. The van der Waals surface area contributed by atoms with Crippen LogP contribution < -0.4 is 0 Å². The van der Waals surface area contributed by atoms with E-state index >= 15 is 0 Å². The van der Waals surface area contributed by atoms with E-state index in [1.54, 1.807) is 0 Å². The van der Waals surface area contributed by atoms with Gasteiger partial charge in [-0.25, -0.2) is 29.9 Å². The molecule has 2 aliphatic heterocycles. The average Bonchev–Trinajstić information content (AvgIpc) is 3.73. The third kappa shape index (κ3) is 3.56. The molecule has 0 fully saturated rings. The van der Waals surface area contributed by atoms with Crippen molar-refractivity contribution < 1.29 is 0 Å². The van der Waals surface area contributed by atoms with Crippen LogP contribution >= 0.6 is 24.0 Å². The number of aromatic amines is 2. The highest BCUT2D eigenvalue weighted by Gasteiger charge is 2.22. The minimum absolute atomic E-state index is 0. The fraction of sp³-hybridized carbons (Fsp3) is 0. The number of rotatable bonds is 0. The Labute approximate surface area is 249 Å². The van der Waals surface area contributed by atoms with E-state index < -0.39 is 0 Å². The fourth-order valence-electron chi connectivity index (χ4n) is 5.65. The Kier molecular flexibility index (Phi) is 5.37. The average molecular weight is 585 g/mol. The molecule has 2 N–H and O–H groups in total. The van der Waals surface area contributed by atoms with Crippen molar-refractivity contribution in [3.8, 4) is 45.6 Å². The Morgan fingerprint density at radius 3 is 1.29 bits per heavy atom. The zero-order valence-corrected chi connectivity index (χ0v) is 23.2. The zero-order chi connectivity index (χ0) is 27.1.